The van der Waals surface area contributed by atoms with Crippen LogP contribution in [0.1, 0.15) is 28.4 Å². The third-order valence-electron chi connectivity index (χ3n) is 4.40. The molecule has 0 heterocycles. The molecule has 0 aliphatic rings. The molecule has 3 aromatic carbocycles. The van der Waals surface area contributed by atoms with Gasteiger partial charge in [-0.1, -0.05) is 54.9 Å². The first-order valence-corrected chi connectivity index (χ1v) is 10.1. The Kier molecular flexibility index (Phi) is 7.72. The Balaban J connectivity index is 1.63. The number of amides is 2. The minimum atomic E-state index is -0.930. The maximum Gasteiger partial charge on any atom is 0.343 e. The fraction of sp³-hybridized carbons (Fsp3) is 0.0833. The lowest BCUT2D eigenvalue weighted by molar-refractivity contribution is -0.136. The van der Waals surface area contributed by atoms with E-state index in [-0.39, 0.29) is 5.75 Å². The molecule has 0 aliphatic heterocycles. The van der Waals surface area contributed by atoms with Crippen molar-refractivity contribution >= 4 is 41.3 Å². The summed E-state index contributed by atoms with van der Waals surface area (Å²) in [6.07, 6.45) is 1.99. The van der Waals surface area contributed by atoms with Crippen molar-refractivity contribution in [3.63, 3.8) is 0 Å². The summed E-state index contributed by atoms with van der Waals surface area (Å²) in [7, 11) is 0. The van der Waals surface area contributed by atoms with Crippen LogP contribution in [0, 0.1) is 0 Å². The summed E-state index contributed by atoms with van der Waals surface area (Å²) in [6, 6.07) is 20.2. The summed E-state index contributed by atoms with van der Waals surface area (Å²) in [6.45, 7) is 1.95. The van der Waals surface area contributed by atoms with Crippen LogP contribution in [0.4, 0.5) is 5.69 Å². The van der Waals surface area contributed by atoms with Crippen molar-refractivity contribution < 1.29 is 19.1 Å². The number of para-hydroxylation sites is 2. The SMILES string of the molecule is CCc1ccccc1NC(=O)C(=O)NN=Cc1ccccc1OC(=O)c1cccc(Cl)c1. The van der Waals surface area contributed by atoms with Gasteiger partial charge in [0.25, 0.3) is 0 Å². The molecule has 3 rings (SSSR count). The molecule has 0 atom stereocenters. The van der Waals surface area contributed by atoms with Crippen LogP contribution in [0.2, 0.25) is 5.02 Å². The lowest BCUT2D eigenvalue weighted by Gasteiger charge is -2.09. The lowest BCUT2D eigenvalue weighted by Crippen LogP contribution is -2.32. The van der Waals surface area contributed by atoms with E-state index in [9.17, 15) is 14.4 Å². The molecule has 2 amide bonds. The first kappa shape index (κ1) is 22.7. The first-order chi connectivity index (χ1) is 15.5. The number of anilines is 1. The largest absolute Gasteiger partial charge is 0.422 e. The quantitative estimate of drug-likeness (QED) is 0.194. The van der Waals surface area contributed by atoms with Gasteiger partial charge >= 0.3 is 17.8 Å². The van der Waals surface area contributed by atoms with Crippen molar-refractivity contribution in [2.45, 2.75) is 13.3 Å². The van der Waals surface area contributed by atoms with Gasteiger partial charge in [-0.3, -0.25) is 9.59 Å². The average molecular weight is 450 g/mol. The van der Waals surface area contributed by atoms with E-state index in [1.165, 1.54) is 12.3 Å². The van der Waals surface area contributed by atoms with Crippen molar-refractivity contribution in [3.8, 4) is 5.75 Å². The normalized spacial score (nSPS) is 10.6. The van der Waals surface area contributed by atoms with Crippen LogP contribution in [-0.2, 0) is 16.0 Å². The molecule has 2 N–H and O–H groups in total. The Morgan fingerprint density at radius 3 is 2.50 bits per heavy atom. The van der Waals surface area contributed by atoms with Crippen LogP contribution in [0.25, 0.3) is 0 Å². The van der Waals surface area contributed by atoms with Crippen LogP contribution >= 0.6 is 11.6 Å². The van der Waals surface area contributed by atoms with Gasteiger partial charge in [0.05, 0.1) is 11.8 Å². The topological polar surface area (TPSA) is 96.9 Å². The highest BCUT2D eigenvalue weighted by Crippen LogP contribution is 2.19. The summed E-state index contributed by atoms with van der Waals surface area (Å²) >= 11 is 5.91. The Bertz CT molecular complexity index is 1180. The van der Waals surface area contributed by atoms with Crippen LogP contribution in [0.3, 0.4) is 0 Å². The second kappa shape index (κ2) is 10.9. The van der Waals surface area contributed by atoms with E-state index in [4.69, 9.17) is 16.3 Å². The molecule has 0 saturated heterocycles. The van der Waals surface area contributed by atoms with Gasteiger partial charge in [0, 0.05) is 16.3 Å². The number of aryl methyl sites for hydroxylation is 1. The first-order valence-electron chi connectivity index (χ1n) is 9.77. The lowest BCUT2D eigenvalue weighted by atomic mass is 10.1. The van der Waals surface area contributed by atoms with Crippen molar-refractivity contribution in [2.75, 3.05) is 5.32 Å². The highest BCUT2D eigenvalue weighted by molar-refractivity contribution is 6.39. The van der Waals surface area contributed by atoms with E-state index in [1.54, 1.807) is 54.6 Å². The number of benzene rings is 3. The molecule has 0 fully saturated rings. The summed E-state index contributed by atoms with van der Waals surface area (Å²) < 4.78 is 5.42. The second-order valence-electron chi connectivity index (χ2n) is 6.60. The van der Waals surface area contributed by atoms with E-state index in [0.717, 1.165) is 5.56 Å². The van der Waals surface area contributed by atoms with E-state index in [2.05, 4.69) is 15.8 Å². The van der Waals surface area contributed by atoms with Crippen LogP contribution in [0.15, 0.2) is 77.9 Å². The minimum absolute atomic E-state index is 0.233. The van der Waals surface area contributed by atoms with E-state index >= 15 is 0 Å². The molecule has 32 heavy (non-hydrogen) atoms. The number of hydrogen-bond donors (Lipinski definition) is 2. The number of carbonyl (C=O) groups excluding carboxylic acids is 3. The monoisotopic (exact) mass is 449 g/mol. The molecule has 0 saturated carbocycles. The van der Waals surface area contributed by atoms with Gasteiger partial charge in [0.15, 0.2) is 0 Å². The fourth-order valence-electron chi connectivity index (χ4n) is 2.80. The average Bonchev–Trinajstić information content (AvgIpc) is 2.80. The van der Waals surface area contributed by atoms with Crippen LogP contribution < -0.4 is 15.5 Å². The Hall–Kier alpha value is -3.97. The molecule has 0 spiro atoms. The van der Waals surface area contributed by atoms with Gasteiger partial charge in [-0.25, -0.2) is 10.2 Å². The Morgan fingerprint density at radius 1 is 0.969 bits per heavy atom. The third-order valence-corrected chi connectivity index (χ3v) is 4.64. The number of rotatable bonds is 6. The van der Waals surface area contributed by atoms with E-state index in [1.807, 2.05) is 19.1 Å². The summed E-state index contributed by atoms with van der Waals surface area (Å²) in [5.41, 5.74) is 4.37. The highest BCUT2D eigenvalue weighted by Gasteiger charge is 2.15. The van der Waals surface area contributed by atoms with Crippen LogP contribution in [0.5, 0.6) is 5.75 Å². The van der Waals surface area contributed by atoms with Gasteiger partial charge < -0.3 is 10.1 Å². The van der Waals surface area contributed by atoms with Gasteiger partial charge in [-0.05, 0) is 48.4 Å². The number of ether oxygens (including phenoxy) is 1. The Morgan fingerprint density at radius 2 is 1.72 bits per heavy atom. The number of carbonyl (C=O) groups is 3. The zero-order valence-electron chi connectivity index (χ0n) is 17.2. The molecule has 3 aromatic rings. The van der Waals surface area contributed by atoms with Gasteiger partial charge in [0.1, 0.15) is 5.75 Å². The van der Waals surface area contributed by atoms with Crippen molar-refractivity contribution in [1.82, 2.24) is 5.43 Å². The molecule has 0 aliphatic carbocycles. The van der Waals surface area contributed by atoms with Crippen molar-refractivity contribution in [3.05, 3.63) is 94.5 Å². The number of esters is 1. The summed E-state index contributed by atoms with van der Waals surface area (Å²) in [5.74, 6) is -2.13. The minimum Gasteiger partial charge on any atom is -0.422 e. The number of hydrogen-bond acceptors (Lipinski definition) is 5. The fourth-order valence-corrected chi connectivity index (χ4v) is 2.99. The molecular weight excluding hydrogens is 430 g/mol. The van der Waals surface area contributed by atoms with E-state index < -0.39 is 17.8 Å². The number of nitrogens with one attached hydrogen (secondary N) is 2. The standard InChI is InChI=1S/C24H20ClN3O4/c1-2-16-8-3-5-12-20(16)27-22(29)23(30)28-26-15-18-9-4-6-13-21(18)32-24(31)17-10-7-11-19(25)14-17/h3-15H,2H2,1H3,(H,27,29)(H,28,30). The predicted octanol–water partition coefficient (Wildman–Crippen LogP) is 4.21. The smallest absolute Gasteiger partial charge is 0.343 e. The zero-order chi connectivity index (χ0) is 22.9. The highest BCUT2D eigenvalue weighted by atomic mass is 35.5. The second-order valence-corrected chi connectivity index (χ2v) is 7.04. The summed E-state index contributed by atoms with van der Waals surface area (Å²) in [4.78, 5) is 36.6. The number of halogens is 1. The van der Waals surface area contributed by atoms with Gasteiger partial charge in [-0.15, -0.1) is 0 Å². The molecule has 0 radical (unpaired) electrons. The van der Waals surface area contributed by atoms with Crippen molar-refractivity contribution in [1.29, 1.82) is 0 Å². The van der Waals surface area contributed by atoms with Crippen LogP contribution in [-0.4, -0.2) is 24.0 Å². The molecule has 0 bridgehead atoms. The molecule has 0 aromatic heterocycles. The molecular formula is C24H20ClN3O4. The zero-order valence-corrected chi connectivity index (χ0v) is 17.9. The van der Waals surface area contributed by atoms with Gasteiger partial charge in [0.2, 0.25) is 0 Å². The predicted molar refractivity (Wildman–Crippen MR) is 123 cm³/mol. The maximum atomic E-state index is 12.4. The Labute approximate surface area is 190 Å². The third kappa shape index (κ3) is 6.02. The van der Waals surface area contributed by atoms with Crippen molar-refractivity contribution in [2.24, 2.45) is 5.10 Å². The van der Waals surface area contributed by atoms with Gasteiger partial charge in [-0.2, -0.15) is 5.10 Å². The number of hydrazone groups is 1. The molecule has 162 valence electrons. The molecule has 8 heteroatoms. The number of nitrogens with zero attached hydrogens (tertiary/aromatic N) is 1. The summed E-state index contributed by atoms with van der Waals surface area (Å²) in [5, 5.41) is 6.78. The molecule has 7 nitrogen and oxygen atoms in total. The van der Waals surface area contributed by atoms with E-state index in [0.29, 0.717) is 28.3 Å². The molecule has 0 unspecified atom stereocenters. The maximum absolute atomic E-state index is 12.4.